The van der Waals surface area contributed by atoms with Crippen LogP contribution >= 0.6 is 0 Å². The van der Waals surface area contributed by atoms with Crippen molar-refractivity contribution in [2.45, 2.75) is 6.23 Å². The van der Waals surface area contributed by atoms with Crippen molar-refractivity contribution in [3.8, 4) is 0 Å². The highest BCUT2D eigenvalue weighted by atomic mass is 32.2. The molecule has 6 heteroatoms. The Hall–Kier alpha value is -1.11. The zero-order valence-corrected chi connectivity index (χ0v) is 8.05. The summed E-state index contributed by atoms with van der Waals surface area (Å²) in [6.45, 7) is 3.12. The van der Waals surface area contributed by atoms with Crippen LogP contribution in [0.25, 0.3) is 0 Å². The lowest BCUT2D eigenvalue weighted by Crippen LogP contribution is -2.38. The van der Waals surface area contributed by atoms with Gasteiger partial charge < -0.3 is 5.11 Å². The zero-order valence-electron chi connectivity index (χ0n) is 7.24. The predicted octanol–water partition coefficient (Wildman–Crippen LogP) is 0.448. The number of benzene rings is 1. The van der Waals surface area contributed by atoms with Crippen molar-refractivity contribution in [3.63, 3.8) is 0 Å². The minimum atomic E-state index is -4.50. The molecule has 0 aromatic heterocycles. The van der Waals surface area contributed by atoms with Gasteiger partial charge in [-0.15, -0.1) is 0 Å². The van der Waals surface area contributed by atoms with Crippen LogP contribution in [-0.2, 0) is 10.3 Å². The van der Waals surface area contributed by atoms with Gasteiger partial charge in [0, 0.05) is 0 Å². The first-order chi connectivity index (χ1) is 6.43. The molecule has 1 radical (unpaired) electrons. The molecule has 0 fully saturated rings. The molecule has 0 bridgehead atoms. The monoisotopic (exact) mass is 216 g/mol. The van der Waals surface area contributed by atoms with Gasteiger partial charge in [0.2, 0.25) is 0 Å². The summed E-state index contributed by atoms with van der Waals surface area (Å²) < 4.78 is 30.9. The van der Waals surface area contributed by atoms with E-state index >= 15 is 0 Å². The molecule has 1 aromatic carbocycles. The van der Waals surface area contributed by atoms with Crippen molar-refractivity contribution in [3.05, 3.63) is 37.3 Å². The van der Waals surface area contributed by atoms with Crippen LogP contribution in [0.4, 0.5) is 5.69 Å². The smallest absolute Gasteiger partial charge is 0.362 e. The van der Waals surface area contributed by atoms with Crippen molar-refractivity contribution in [2.24, 2.45) is 0 Å². The van der Waals surface area contributed by atoms with Gasteiger partial charge in [0.05, 0.1) is 5.69 Å². The maximum Gasteiger partial charge on any atom is 0.362 e. The van der Waals surface area contributed by atoms with Crippen LogP contribution < -0.4 is 4.31 Å². The fourth-order valence-electron chi connectivity index (χ4n) is 1.03. The molecule has 0 aliphatic carbocycles. The molecule has 1 aromatic rings. The van der Waals surface area contributed by atoms with Crippen LogP contribution in [0.15, 0.2) is 30.3 Å². The van der Waals surface area contributed by atoms with E-state index in [-0.39, 0.29) is 5.69 Å². The number of anilines is 1. The third kappa shape index (κ3) is 2.44. The van der Waals surface area contributed by atoms with E-state index in [9.17, 15) is 8.42 Å². The molecule has 14 heavy (non-hydrogen) atoms. The number of para-hydroxylation sites is 1. The number of aliphatic hydroxyl groups excluding tert-OH is 1. The highest BCUT2D eigenvalue weighted by Crippen LogP contribution is 2.18. The predicted molar refractivity (Wildman–Crippen MR) is 51.8 cm³/mol. The fraction of sp³-hybridized carbons (Fsp3) is 0.125. The second-order valence-electron chi connectivity index (χ2n) is 2.59. The second kappa shape index (κ2) is 3.95. The van der Waals surface area contributed by atoms with Crippen molar-refractivity contribution in [2.75, 3.05) is 4.31 Å². The molecular weight excluding hydrogens is 206 g/mol. The molecule has 0 spiro atoms. The van der Waals surface area contributed by atoms with Gasteiger partial charge in [-0.3, -0.25) is 4.55 Å². The molecular formula is C8H10NO4S. The Balaban J connectivity index is 3.15. The van der Waals surface area contributed by atoms with Gasteiger partial charge in [0.15, 0.2) is 0 Å². The molecule has 0 aliphatic heterocycles. The van der Waals surface area contributed by atoms with Crippen molar-refractivity contribution >= 4 is 16.0 Å². The maximum absolute atomic E-state index is 10.9. The van der Waals surface area contributed by atoms with E-state index in [2.05, 4.69) is 6.92 Å². The summed E-state index contributed by atoms with van der Waals surface area (Å²) in [5.41, 5.74) is 0.150. The van der Waals surface area contributed by atoms with Gasteiger partial charge in [-0.2, -0.15) is 8.42 Å². The summed E-state index contributed by atoms with van der Waals surface area (Å²) in [6, 6.07) is 7.71. The highest BCUT2D eigenvalue weighted by molar-refractivity contribution is 7.87. The number of hydrogen-bond acceptors (Lipinski definition) is 3. The van der Waals surface area contributed by atoms with Crippen LogP contribution in [0, 0.1) is 6.92 Å². The standard InChI is InChI=1S/C8H10NO4S/c1-7(10)9(14(11,12)13)8-5-3-2-4-6-8/h2-7,10H,1H2,(H,11,12,13). The summed E-state index contributed by atoms with van der Waals surface area (Å²) in [7, 11) is -4.50. The van der Waals surface area contributed by atoms with Gasteiger partial charge in [0.1, 0.15) is 6.23 Å². The molecule has 0 heterocycles. The molecule has 1 unspecified atom stereocenters. The summed E-state index contributed by atoms with van der Waals surface area (Å²) >= 11 is 0. The number of hydrogen-bond donors (Lipinski definition) is 2. The van der Waals surface area contributed by atoms with E-state index in [1.807, 2.05) is 0 Å². The topological polar surface area (TPSA) is 77.8 Å². The van der Waals surface area contributed by atoms with Crippen LogP contribution in [-0.4, -0.2) is 24.3 Å². The van der Waals surface area contributed by atoms with Gasteiger partial charge in [-0.1, -0.05) is 18.2 Å². The first kappa shape index (κ1) is 11.0. The lowest BCUT2D eigenvalue weighted by atomic mass is 10.3. The van der Waals surface area contributed by atoms with Crippen molar-refractivity contribution in [1.82, 2.24) is 0 Å². The summed E-state index contributed by atoms with van der Waals surface area (Å²) in [4.78, 5) is 0. The molecule has 0 amide bonds. The average Bonchev–Trinajstić information content (AvgIpc) is 2.02. The Morgan fingerprint density at radius 3 is 2.14 bits per heavy atom. The Kier molecular flexibility index (Phi) is 3.10. The molecule has 0 saturated carbocycles. The summed E-state index contributed by atoms with van der Waals surface area (Å²) in [5.74, 6) is 0. The Labute approximate surface area is 82.5 Å². The Bertz CT molecular complexity index is 387. The van der Waals surface area contributed by atoms with Crippen LogP contribution in [0.5, 0.6) is 0 Å². The van der Waals surface area contributed by atoms with Gasteiger partial charge in [0.25, 0.3) is 0 Å². The summed E-state index contributed by atoms with van der Waals surface area (Å²) in [5, 5.41) is 9.08. The maximum atomic E-state index is 10.9. The van der Waals surface area contributed by atoms with E-state index in [4.69, 9.17) is 9.66 Å². The molecule has 0 aliphatic rings. The first-order valence-corrected chi connectivity index (χ1v) is 5.15. The SMILES string of the molecule is [CH2]C(O)N(c1ccccc1)S(=O)(=O)O. The second-order valence-corrected chi connectivity index (χ2v) is 3.88. The van der Waals surface area contributed by atoms with Crippen LogP contribution in [0.3, 0.4) is 0 Å². The quantitative estimate of drug-likeness (QED) is 0.568. The lowest BCUT2D eigenvalue weighted by molar-refractivity contribution is 0.229. The first-order valence-electron chi connectivity index (χ1n) is 3.76. The van der Waals surface area contributed by atoms with Crippen molar-refractivity contribution < 1.29 is 18.1 Å². The van der Waals surface area contributed by atoms with Crippen molar-refractivity contribution in [1.29, 1.82) is 0 Å². The van der Waals surface area contributed by atoms with E-state index < -0.39 is 16.5 Å². The highest BCUT2D eigenvalue weighted by Gasteiger charge is 2.23. The third-order valence-corrected chi connectivity index (χ3v) is 2.48. The fourth-order valence-corrected chi connectivity index (χ4v) is 1.73. The van der Waals surface area contributed by atoms with Gasteiger partial charge in [-0.05, 0) is 19.1 Å². The molecule has 2 N–H and O–H groups in total. The number of aliphatic hydroxyl groups is 1. The Morgan fingerprint density at radius 1 is 1.29 bits per heavy atom. The van der Waals surface area contributed by atoms with Gasteiger partial charge in [-0.25, -0.2) is 4.31 Å². The largest absolute Gasteiger partial charge is 0.372 e. The molecule has 5 nitrogen and oxygen atoms in total. The lowest BCUT2D eigenvalue weighted by Gasteiger charge is -2.23. The Morgan fingerprint density at radius 2 is 1.79 bits per heavy atom. The minimum absolute atomic E-state index is 0.150. The number of rotatable bonds is 3. The van der Waals surface area contributed by atoms with Crippen LogP contribution in [0.2, 0.25) is 0 Å². The zero-order chi connectivity index (χ0) is 10.8. The average molecular weight is 216 g/mol. The minimum Gasteiger partial charge on any atom is -0.372 e. The summed E-state index contributed by atoms with van der Waals surface area (Å²) in [6.07, 6.45) is -1.56. The molecule has 1 atom stereocenters. The van der Waals surface area contributed by atoms with Gasteiger partial charge >= 0.3 is 10.3 Å². The molecule has 1 rings (SSSR count). The van der Waals surface area contributed by atoms with Crippen LogP contribution in [0.1, 0.15) is 0 Å². The van der Waals surface area contributed by atoms with E-state index in [0.29, 0.717) is 4.31 Å². The number of nitrogens with zero attached hydrogens (tertiary/aromatic N) is 1. The van der Waals surface area contributed by atoms with E-state index in [0.717, 1.165) is 0 Å². The molecule has 77 valence electrons. The molecule has 0 saturated heterocycles. The normalized spacial score (nSPS) is 13.6. The third-order valence-electron chi connectivity index (χ3n) is 1.53. The van der Waals surface area contributed by atoms with E-state index in [1.54, 1.807) is 18.2 Å². The van der Waals surface area contributed by atoms with E-state index in [1.165, 1.54) is 12.1 Å².